The van der Waals surface area contributed by atoms with Gasteiger partial charge in [-0.05, 0) is 0 Å². The van der Waals surface area contributed by atoms with Gasteiger partial charge in [-0.15, -0.1) is 0 Å². The molecule has 74 valence electrons. The van der Waals surface area contributed by atoms with Crippen LogP contribution in [0.4, 0.5) is 0 Å². The maximum Gasteiger partial charge on any atom is 0.214 e. The average molecular weight is 206 g/mol. The van der Waals surface area contributed by atoms with Gasteiger partial charge in [0.25, 0.3) is 0 Å². The maximum atomic E-state index is 11.0. The van der Waals surface area contributed by atoms with Crippen LogP contribution in [-0.2, 0) is 16.6 Å². The number of aliphatic hydroxyl groups is 1. The van der Waals surface area contributed by atoms with Crippen LogP contribution >= 0.6 is 0 Å². The van der Waals surface area contributed by atoms with Gasteiger partial charge in [-0.1, -0.05) is 5.16 Å². The number of nitrogens with one attached hydrogen (secondary N) is 1. The van der Waals surface area contributed by atoms with Crippen molar-refractivity contribution in [3.63, 3.8) is 0 Å². The number of sulfonamides is 1. The number of hydrogen-bond acceptors (Lipinski definition) is 5. The Morgan fingerprint density at radius 3 is 2.92 bits per heavy atom. The van der Waals surface area contributed by atoms with Gasteiger partial charge in [0.1, 0.15) is 6.26 Å². The molecule has 0 saturated heterocycles. The normalized spacial score (nSPS) is 11.8. The number of hydrogen-bond donors (Lipinski definition) is 2. The van der Waals surface area contributed by atoms with E-state index in [1.54, 1.807) is 6.07 Å². The van der Waals surface area contributed by atoms with E-state index in [1.807, 2.05) is 0 Å². The molecule has 1 heterocycles. The Hall–Kier alpha value is -0.920. The van der Waals surface area contributed by atoms with Gasteiger partial charge in [-0.3, -0.25) is 0 Å². The topological polar surface area (TPSA) is 92.4 Å². The Morgan fingerprint density at radius 1 is 1.62 bits per heavy atom. The maximum absolute atomic E-state index is 11.0. The molecule has 0 aliphatic rings. The van der Waals surface area contributed by atoms with Gasteiger partial charge in [-0.2, -0.15) is 0 Å². The van der Waals surface area contributed by atoms with Gasteiger partial charge in [0.2, 0.25) is 10.0 Å². The molecule has 0 atom stereocenters. The summed E-state index contributed by atoms with van der Waals surface area (Å²) in [6.45, 7) is -0.313. The van der Waals surface area contributed by atoms with Crippen molar-refractivity contribution < 1.29 is 18.0 Å². The molecule has 1 aromatic heterocycles. The predicted molar refractivity (Wildman–Crippen MR) is 44.2 cm³/mol. The molecule has 0 radical (unpaired) electrons. The fraction of sp³-hybridized carbons (Fsp3) is 0.500. The van der Waals surface area contributed by atoms with Crippen LogP contribution in [-0.4, -0.2) is 31.0 Å². The van der Waals surface area contributed by atoms with Crippen LogP contribution in [0.1, 0.15) is 5.69 Å². The van der Waals surface area contributed by atoms with Crippen LogP contribution in [0.5, 0.6) is 0 Å². The Bertz CT molecular complexity index is 332. The molecule has 1 aromatic rings. The van der Waals surface area contributed by atoms with Gasteiger partial charge in [0, 0.05) is 6.07 Å². The molecule has 0 unspecified atom stereocenters. The monoisotopic (exact) mass is 206 g/mol. The van der Waals surface area contributed by atoms with E-state index in [1.165, 1.54) is 6.26 Å². The van der Waals surface area contributed by atoms with E-state index in [4.69, 9.17) is 5.11 Å². The molecule has 0 bridgehead atoms. The first-order chi connectivity index (χ1) is 6.14. The molecule has 0 amide bonds. The highest BCUT2D eigenvalue weighted by molar-refractivity contribution is 7.89. The Balaban J connectivity index is 2.43. The van der Waals surface area contributed by atoms with Crippen LogP contribution in [0, 0.1) is 0 Å². The first kappa shape index (κ1) is 10.2. The zero-order valence-electron chi connectivity index (χ0n) is 6.80. The summed E-state index contributed by atoms with van der Waals surface area (Å²) >= 11 is 0. The lowest BCUT2D eigenvalue weighted by Gasteiger charge is -2.01. The first-order valence-corrected chi connectivity index (χ1v) is 5.27. The quantitative estimate of drug-likeness (QED) is 0.650. The number of nitrogens with zero attached hydrogens (tertiary/aromatic N) is 1. The molecule has 0 aliphatic heterocycles. The summed E-state index contributed by atoms with van der Waals surface area (Å²) in [5.74, 6) is -0.301. The van der Waals surface area contributed by atoms with Crippen LogP contribution in [0.25, 0.3) is 0 Å². The van der Waals surface area contributed by atoms with Gasteiger partial charge < -0.3 is 9.63 Å². The van der Waals surface area contributed by atoms with E-state index in [0.29, 0.717) is 5.69 Å². The first-order valence-electron chi connectivity index (χ1n) is 3.61. The van der Waals surface area contributed by atoms with E-state index in [9.17, 15) is 8.42 Å². The number of aromatic nitrogens is 1. The van der Waals surface area contributed by atoms with Crippen LogP contribution in [0.2, 0.25) is 0 Å². The predicted octanol–water partition coefficient (Wildman–Crippen LogP) is -0.914. The molecule has 13 heavy (non-hydrogen) atoms. The highest BCUT2D eigenvalue weighted by atomic mass is 32.2. The van der Waals surface area contributed by atoms with Crippen molar-refractivity contribution in [3.05, 3.63) is 18.0 Å². The summed E-state index contributed by atoms with van der Waals surface area (Å²) in [5, 5.41) is 11.9. The van der Waals surface area contributed by atoms with Crippen LogP contribution < -0.4 is 4.72 Å². The SMILES string of the molecule is O=S(=O)(CCO)NCc1ccon1. The smallest absolute Gasteiger partial charge is 0.214 e. The van der Waals surface area contributed by atoms with E-state index in [2.05, 4.69) is 14.4 Å². The third kappa shape index (κ3) is 3.53. The molecule has 0 saturated carbocycles. The van der Waals surface area contributed by atoms with Crippen molar-refractivity contribution >= 4 is 10.0 Å². The average Bonchev–Trinajstić information content (AvgIpc) is 2.52. The summed E-state index contributed by atoms with van der Waals surface area (Å²) in [4.78, 5) is 0. The Kier molecular flexibility index (Phi) is 3.40. The molecule has 0 aromatic carbocycles. The van der Waals surface area contributed by atoms with E-state index >= 15 is 0 Å². The lowest BCUT2D eigenvalue weighted by molar-refractivity contribution is 0.319. The van der Waals surface area contributed by atoms with E-state index in [-0.39, 0.29) is 12.3 Å². The third-order valence-electron chi connectivity index (χ3n) is 1.32. The fourth-order valence-corrected chi connectivity index (χ4v) is 1.46. The minimum absolute atomic E-state index is 0.0822. The molecule has 1 rings (SSSR count). The van der Waals surface area contributed by atoms with Crippen molar-refractivity contribution in [1.82, 2.24) is 9.88 Å². The second-order valence-electron chi connectivity index (χ2n) is 2.35. The highest BCUT2D eigenvalue weighted by Gasteiger charge is 2.09. The van der Waals surface area contributed by atoms with Crippen LogP contribution in [0.3, 0.4) is 0 Å². The minimum Gasteiger partial charge on any atom is -0.395 e. The zero-order chi connectivity index (χ0) is 9.73. The van der Waals surface area contributed by atoms with Crippen molar-refractivity contribution in [2.45, 2.75) is 6.54 Å². The van der Waals surface area contributed by atoms with Crippen molar-refractivity contribution in [2.75, 3.05) is 12.4 Å². The summed E-state index contributed by atoms with van der Waals surface area (Å²) in [6.07, 6.45) is 1.36. The van der Waals surface area contributed by atoms with Crippen molar-refractivity contribution in [1.29, 1.82) is 0 Å². The van der Waals surface area contributed by atoms with Gasteiger partial charge in [-0.25, -0.2) is 13.1 Å². The van der Waals surface area contributed by atoms with Crippen LogP contribution in [0.15, 0.2) is 16.9 Å². The molecular formula is C6H10N2O4S. The Labute approximate surface area is 75.6 Å². The highest BCUT2D eigenvalue weighted by Crippen LogP contribution is 1.94. The van der Waals surface area contributed by atoms with E-state index in [0.717, 1.165) is 0 Å². The largest absolute Gasteiger partial charge is 0.395 e. The van der Waals surface area contributed by atoms with Gasteiger partial charge >= 0.3 is 0 Å². The molecule has 2 N–H and O–H groups in total. The Morgan fingerprint density at radius 2 is 2.38 bits per heavy atom. The second kappa shape index (κ2) is 4.35. The van der Waals surface area contributed by atoms with Crippen molar-refractivity contribution in [3.8, 4) is 0 Å². The fourth-order valence-electron chi connectivity index (χ4n) is 0.705. The lowest BCUT2D eigenvalue weighted by Crippen LogP contribution is -2.27. The van der Waals surface area contributed by atoms with Crippen molar-refractivity contribution in [2.24, 2.45) is 0 Å². The standard InChI is InChI=1S/C6H10N2O4S/c9-2-4-13(10,11)7-5-6-1-3-12-8-6/h1,3,7,9H,2,4-5H2. The molecular weight excluding hydrogens is 196 g/mol. The summed E-state index contributed by atoms with van der Waals surface area (Å²) < 4.78 is 28.8. The molecule has 0 spiro atoms. The lowest BCUT2D eigenvalue weighted by atomic mass is 10.5. The third-order valence-corrected chi connectivity index (χ3v) is 2.63. The summed E-state index contributed by atoms with van der Waals surface area (Å²) in [5.41, 5.74) is 0.501. The molecule has 0 aliphatic carbocycles. The molecule has 6 nitrogen and oxygen atoms in total. The molecule has 0 fully saturated rings. The summed E-state index contributed by atoms with van der Waals surface area (Å²) in [7, 11) is -3.39. The number of rotatable bonds is 5. The minimum atomic E-state index is -3.39. The zero-order valence-corrected chi connectivity index (χ0v) is 7.62. The number of aliphatic hydroxyl groups excluding tert-OH is 1. The van der Waals surface area contributed by atoms with Gasteiger partial charge in [0.05, 0.1) is 24.6 Å². The molecule has 7 heteroatoms. The van der Waals surface area contributed by atoms with Gasteiger partial charge in [0.15, 0.2) is 0 Å². The summed E-state index contributed by atoms with van der Waals surface area (Å²) in [6, 6.07) is 1.56. The van der Waals surface area contributed by atoms with E-state index < -0.39 is 16.6 Å². The second-order valence-corrected chi connectivity index (χ2v) is 4.28.